The van der Waals surface area contributed by atoms with E-state index in [1.807, 2.05) is 0 Å². The van der Waals surface area contributed by atoms with E-state index in [0.29, 0.717) is 0 Å². The molecule has 0 spiro atoms. The molecule has 2 saturated heterocycles. The molecular formula is C13H25N3O. The molecule has 2 fully saturated rings. The first kappa shape index (κ1) is 12.7. The fourth-order valence-corrected chi connectivity index (χ4v) is 2.45. The number of hydrogen-bond donors (Lipinski definition) is 1. The van der Waals surface area contributed by atoms with Crippen LogP contribution < -0.4 is 5.32 Å². The number of nitrogens with zero attached hydrogens (tertiary/aromatic N) is 2. The molecule has 98 valence electrons. The summed E-state index contributed by atoms with van der Waals surface area (Å²) >= 11 is 0. The summed E-state index contributed by atoms with van der Waals surface area (Å²) in [4.78, 5) is 7.18. The minimum atomic E-state index is 0.250. The van der Waals surface area contributed by atoms with Gasteiger partial charge in [0, 0.05) is 31.7 Å². The SMILES string of the molecule is CCNC(=NCC1(C)CCOC1)N1CCCC1. The van der Waals surface area contributed by atoms with Crippen LogP contribution >= 0.6 is 0 Å². The molecule has 1 unspecified atom stereocenters. The van der Waals surface area contributed by atoms with Gasteiger partial charge in [-0.3, -0.25) is 4.99 Å². The molecule has 0 aromatic rings. The summed E-state index contributed by atoms with van der Waals surface area (Å²) in [6.45, 7) is 10.3. The first-order valence-corrected chi connectivity index (χ1v) is 6.84. The highest BCUT2D eigenvalue weighted by atomic mass is 16.5. The van der Waals surface area contributed by atoms with Gasteiger partial charge in [-0.25, -0.2) is 0 Å². The molecule has 17 heavy (non-hydrogen) atoms. The van der Waals surface area contributed by atoms with Crippen molar-refractivity contribution in [2.75, 3.05) is 39.4 Å². The fourth-order valence-electron chi connectivity index (χ4n) is 2.45. The molecule has 0 radical (unpaired) electrons. The topological polar surface area (TPSA) is 36.9 Å². The van der Waals surface area contributed by atoms with Gasteiger partial charge in [0.2, 0.25) is 0 Å². The van der Waals surface area contributed by atoms with Gasteiger partial charge in [-0.15, -0.1) is 0 Å². The third-order valence-electron chi connectivity index (χ3n) is 3.65. The maximum Gasteiger partial charge on any atom is 0.193 e. The third kappa shape index (κ3) is 3.35. The maximum absolute atomic E-state index is 5.47. The average molecular weight is 239 g/mol. The second-order valence-corrected chi connectivity index (χ2v) is 5.48. The van der Waals surface area contributed by atoms with Crippen molar-refractivity contribution in [3.63, 3.8) is 0 Å². The Hall–Kier alpha value is -0.770. The van der Waals surface area contributed by atoms with Crippen molar-refractivity contribution in [2.24, 2.45) is 10.4 Å². The molecule has 0 amide bonds. The zero-order valence-corrected chi connectivity index (χ0v) is 11.2. The monoisotopic (exact) mass is 239 g/mol. The molecule has 0 saturated carbocycles. The Labute approximate surface area is 104 Å². The normalized spacial score (nSPS) is 30.0. The van der Waals surface area contributed by atoms with Crippen LogP contribution in [0.4, 0.5) is 0 Å². The summed E-state index contributed by atoms with van der Waals surface area (Å²) < 4.78 is 5.47. The minimum absolute atomic E-state index is 0.250. The lowest BCUT2D eigenvalue weighted by Crippen LogP contribution is -2.40. The zero-order chi connectivity index (χ0) is 12.1. The summed E-state index contributed by atoms with van der Waals surface area (Å²) in [7, 11) is 0. The van der Waals surface area contributed by atoms with Crippen molar-refractivity contribution >= 4 is 5.96 Å². The smallest absolute Gasteiger partial charge is 0.193 e. The summed E-state index contributed by atoms with van der Waals surface area (Å²) in [6, 6.07) is 0. The number of hydrogen-bond acceptors (Lipinski definition) is 2. The maximum atomic E-state index is 5.47. The first-order chi connectivity index (χ1) is 8.23. The Balaban J connectivity index is 1.94. The third-order valence-corrected chi connectivity index (χ3v) is 3.65. The van der Waals surface area contributed by atoms with Gasteiger partial charge in [-0.05, 0) is 26.2 Å². The van der Waals surface area contributed by atoms with E-state index in [1.54, 1.807) is 0 Å². The molecule has 4 nitrogen and oxygen atoms in total. The van der Waals surface area contributed by atoms with E-state index in [4.69, 9.17) is 9.73 Å². The highest BCUT2D eigenvalue weighted by Gasteiger charge is 2.29. The molecular weight excluding hydrogens is 214 g/mol. The lowest BCUT2D eigenvalue weighted by atomic mass is 9.90. The van der Waals surface area contributed by atoms with Gasteiger partial charge in [0.05, 0.1) is 13.2 Å². The number of rotatable bonds is 3. The van der Waals surface area contributed by atoms with E-state index < -0.39 is 0 Å². The number of likely N-dealkylation sites (tertiary alicyclic amines) is 1. The predicted octanol–water partition coefficient (Wildman–Crippen LogP) is 1.47. The van der Waals surface area contributed by atoms with E-state index in [2.05, 4.69) is 24.1 Å². The molecule has 1 N–H and O–H groups in total. The van der Waals surface area contributed by atoms with Crippen LogP contribution in [0.5, 0.6) is 0 Å². The second-order valence-electron chi connectivity index (χ2n) is 5.48. The van der Waals surface area contributed by atoms with Gasteiger partial charge in [0.15, 0.2) is 5.96 Å². The first-order valence-electron chi connectivity index (χ1n) is 6.84. The fraction of sp³-hybridized carbons (Fsp3) is 0.923. The Morgan fingerprint density at radius 2 is 2.18 bits per heavy atom. The van der Waals surface area contributed by atoms with Crippen molar-refractivity contribution < 1.29 is 4.74 Å². The molecule has 0 aliphatic carbocycles. The van der Waals surface area contributed by atoms with Crippen LogP contribution in [0, 0.1) is 5.41 Å². The molecule has 2 rings (SSSR count). The molecule has 0 aromatic carbocycles. The van der Waals surface area contributed by atoms with Gasteiger partial charge in [-0.2, -0.15) is 0 Å². The molecule has 2 aliphatic heterocycles. The van der Waals surface area contributed by atoms with Gasteiger partial charge < -0.3 is 15.0 Å². The summed E-state index contributed by atoms with van der Waals surface area (Å²) in [5.41, 5.74) is 0.250. The second kappa shape index (κ2) is 5.71. The lowest BCUT2D eigenvalue weighted by molar-refractivity contribution is 0.162. The number of guanidine groups is 1. The number of aliphatic imine (C=N–C) groups is 1. The number of ether oxygens (including phenoxy) is 1. The molecule has 2 aliphatic rings. The Morgan fingerprint density at radius 3 is 2.76 bits per heavy atom. The van der Waals surface area contributed by atoms with E-state index in [1.165, 1.54) is 12.8 Å². The van der Waals surface area contributed by atoms with Crippen molar-refractivity contribution in [3.8, 4) is 0 Å². The van der Waals surface area contributed by atoms with Crippen molar-refractivity contribution in [3.05, 3.63) is 0 Å². The molecule has 0 bridgehead atoms. The van der Waals surface area contributed by atoms with Crippen molar-refractivity contribution in [2.45, 2.75) is 33.1 Å². The van der Waals surface area contributed by atoms with Crippen LogP contribution in [0.15, 0.2) is 4.99 Å². The van der Waals surface area contributed by atoms with Crippen LogP contribution in [0.25, 0.3) is 0 Å². The van der Waals surface area contributed by atoms with E-state index in [9.17, 15) is 0 Å². The van der Waals surface area contributed by atoms with Crippen LogP contribution in [-0.2, 0) is 4.74 Å². The molecule has 1 atom stereocenters. The molecule has 4 heteroatoms. The largest absolute Gasteiger partial charge is 0.381 e. The quantitative estimate of drug-likeness (QED) is 0.598. The van der Waals surface area contributed by atoms with Gasteiger partial charge in [-0.1, -0.05) is 6.92 Å². The Bertz CT molecular complexity index is 266. The van der Waals surface area contributed by atoms with Crippen LogP contribution in [0.2, 0.25) is 0 Å². The van der Waals surface area contributed by atoms with E-state index in [-0.39, 0.29) is 5.41 Å². The van der Waals surface area contributed by atoms with Crippen LogP contribution in [0.3, 0.4) is 0 Å². The van der Waals surface area contributed by atoms with E-state index in [0.717, 1.165) is 51.8 Å². The molecule has 0 aromatic heterocycles. The Morgan fingerprint density at radius 1 is 1.41 bits per heavy atom. The van der Waals surface area contributed by atoms with Gasteiger partial charge in [0.1, 0.15) is 0 Å². The average Bonchev–Trinajstić information content (AvgIpc) is 2.96. The van der Waals surface area contributed by atoms with Crippen LogP contribution in [0.1, 0.15) is 33.1 Å². The van der Waals surface area contributed by atoms with Crippen molar-refractivity contribution in [1.82, 2.24) is 10.2 Å². The summed E-state index contributed by atoms with van der Waals surface area (Å²) in [5, 5.41) is 3.40. The van der Waals surface area contributed by atoms with Crippen molar-refractivity contribution in [1.29, 1.82) is 0 Å². The predicted molar refractivity (Wildman–Crippen MR) is 70.3 cm³/mol. The highest BCUT2D eigenvalue weighted by Crippen LogP contribution is 2.28. The van der Waals surface area contributed by atoms with Gasteiger partial charge >= 0.3 is 0 Å². The number of nitrogens with one attached hydrogen (secondary N) is 1. The summed E-state index contributed by atoms with van der Waals surface area (Å²) in [5.74, 6) is 1.10. The summed E-state index contributed by atoms with van der Waals surface area (Å²) in [6.07, 6.45) is 3.73. The highest BCUT2D eigenvalue weighted by molar-refractivity contribution is 5.80. The standard InChI is InChI=1S/C13H25N3O/c1-3-14-12(16-7-4-5-8-16)15-10-13(2)6-9-17-11-13/h3-11H2,1-2H3,(H,14,15). The molecule has 2 heterocycles. The van der Waals surface area contributed by atoms with Crippen LogP contribution in [-0.4, -0.2) is 50.3 Å². The lowest BCUT2D eigenvalue weighted by Gasteiger charge is -2.24. The Kier molecular flexibility index (Phi) is 4.26. The van der Waals surface area contributed by atoms with Gasteiger partial charge in [0.25, 0.3) is 0 Å². The zero-order valence-electron chi connectivity index (χ0n) is 11.2. The van der Waals surface area contributed by atoms with E-state index >= 15 is 0 Å². The minimum Gasteiger partial charge on any atom is -0.381 e.